The third-order valence-corrected chi connectivity index (χ3v) is 3.28. The monoisotopic (exact) mass is 400 g/mol. The van der Waals surface area contributed by atoms with Gasteiger partial charge in [-0.3, -0.25) is 4.79 Å². The van der Waals surface area contributed by atoms with Crippen molar-refractivity contribution in [3.8, 4) is 11.4 Å². The average molecular weight is 400 g/mol. The van der Waals surface area contributed by atoms with E-state index in [0.717, 1.165) is 0 Å². The summed E-state index contributed by atoms with van der Waals surface area (Å²) in [4.78, 5) is 30.6. The van der Waals surface area contributed by atoms with E-state index in [4.69, 9.17) is 5.11 Å². The number of alkyl halides is 3. The second kappa shape index (κ2) is 8.50. The quantitative estimate of drug-likeness (QED) is 0.539. The molecule has 2 rings (SSSR count). The molecule has 0 saturated carbocycles. The molecule has 9 nitrogen and oxygen atoms in total. The van der Waals surface area contributed by atoms with Gasteiger partial charge in [0.1, 0.15) is 0 Å². The van der Waals surface area contributed by atoms with E-state index in [-0.39, 0.29) is 17.0 Å². The predicted octanol–water partition coefficient (Wildman–Crippen LogP) is 2.35. The first kappa shape index (κ1) is 20.9. The Morgan fingerprint density at radius 3 is 2.46 bits per heavy atom. The largest absolute Gasteiger partial charge is 0.478 e. The SMILES string of the molecule is CC(C=NO[C@H](C)C(=O)O)NC(=O)c1ccc(-c2noc(C(F)(F)F)n2)cc1. The van der Waals surface area contributed by atoms with Crippen molar-refractivity contribution in [1.29, 1.82) is 0 Å². The highest BCUT2D eigenvalue weighted by Gasteiger charge is 2.38. The van der Waals surface area contributed by atoms with Gasteiger partial charge in [-0.05, 0) is 26.0 Å². The Morgan fingerprint density at radius 2 is 1.93 bits per heavy atom. The molecule has 1 unspecified atom stereocenters. The fourth-order valence-electron chi connectivity index (χ4n) is 1.82. The number of amides is 1. The van der Waals surface area contributed by atoms with Crippen LogP contribution >= 0.6 is 0 Å². The lowest BCUT2D eigenvalue weighted by Crippen LogP contribution is -2.33. The minimum Gasteiger partial charge on any atom is -0.478 e. The van der Waals surface area contributed by atoms with E-state index < -0.39 is 36.1 Å². The van der Waals surface area contributed by atoms with Crippen molar-refractivity contribution in [2.24, 2.45) is 5.16 Å². The lowest BCUT2D eigenvalue weighted by molar-refractivity contribution is -0.159. The maximum absolute atomic E-state index is 12.5. The number of benzene rings is 1. The van der Waals surface area contributed by atoms with Gasteiger partial charge in [0, 0.05) is 11.1 Å². The standard InChI is InChI=1S/C16H15F3N4O5/c1-8(7-20-27-9(2)14(25)26)21-13(24)11-5-3-10(4-6-11)12-22-15(28-23-12)16(17,18)19/h3-9H,1-2H3,(H,21,24)(H,25,26)/t8?,9-/m1/s1. The lowest BCUT2D eigenvalue weighted by atomic mass is 10.1. The third kappa shape index (κ3) is 5.53. The van der Waals surface area contributed by atoms with Crippen LogP contribution in [0.15, 0.2) is 33.9 Å². The Morgan fingerprint density at radius 1 is 1.29 bits per heavy atom. The summed E-state index contributed by atoms with van der Waals surface area (Å²) in [7, 11) is 0. The summed E-state index contributed by atoms with van der Waals surface area (Å²) in [6.07, 6.45) is -4.66. The summed E-state index contributed by atoms with van der Waals surface area (Å²) in [6.45, 7) is 2.88. The number of nitrogens with one attached hydrogen (secondary N) is 1. The minimum absolute atomic E-state index is 0.225. The number of carboxylic acid groups (broad SMARTS) is 1. The number of halogens is 3. The first-order chi connectivity index (χ1) is 13.1. The molecule has 0 aliphatic rings. The van der Waals surface area contributed by atoms with E-state index in [1.807, 2.05) is 0 Å². The first-order valence-corrected chi connectivity index (χ1v) is 7.82. The fourth-order valence-corrected chi connectivity index (χ4v) is 1.82. The van der Waals surface area contributed by atoms with Gasteiger partial charge in [0.25, 0.3) is 5.91 Å². The number of nitrogens with zero attached hydrogens (tertiary/aromatic N) is 3. The van der Waals surface area contributed by atoms with E-state index in [2.05, 4.69) is 30.0 Å². The summed E-state index contributed by atoms with van der Waals surface area (Å²) in [5.41, 5.74) is 0.463. The van der Waals surface area contributed by atoms with Crippen LogP contribution in [0.1, 0.15) is 30.1 Å². The molecule has 12 heteroatoms. The van der Waals surface area contributed by atoms with Gasteiger partial charge in [0.05, 0.1) is 12.3 Å². The van der Waals surface area contributed by atoms with E-state index in [9.17, 15) is 22.8 Å². The first-order valence-electron chi connectivity index (χ1n) is 7.82. The Balaban J connectivity index is 1.97. The molecule has 0 aliphatic carbocycles. The van der Waals surface area contributed by atoms with Gasteiger partial charge in [-0.1, -0.05) is 22.4 Å². The van der Waals surface area contributed by atoms with Gasteiger partial charge in [0.2, 0.25) is 11.9 Å². The highest BCUT2D eigenvalue weighted by Crippen LogP contribution is 2.29. The van der Waals surface area contributed by atoms with Crippen LogP contribution in [-0.2, 0) is 15.8 Å². The maximum Gasteiger partial charge on any atom is 0.471 e. The number of aliphatic carboxylic acids is 1. The van der Waals surface area contributed by atoms with Crippen molar-refractivity contribution >= 4 is 18.1 Å². The number of hydrogen-bond donors (Lipinski definition) is 2. The number of aromatic nitrogens is 2. The lowest BCUT2D eigenvalue weighted by Gasteiger charge is -2.10. The molecule has 1 heterocycles. The van der Waals surface area contributed by atoms with E-state index in [0.29, 0.717) is 0 Å². The third-order valence-electron chi connectivity index (χ3n) is 3.28. The van der Waals surface area contributed by atoms with Crippen molar-refractivity contribution in [3.63, 3.8) is 0 Å². The molecular formula is C16H15F3N4O5. The molecule has 150 valence electrons. The van der Waals surface area contributed by atoms with Gasteiger partial charge in [-0.2, -0.15) is 18.2 Å². The number of carbonyl (C=O) groups excluding carboxylic acids is 1. The van der Waals surface area contributed by atoms with Gasteiger partial charge < -0.3 is 19.8 Å². The molecule has 0 bridgehead atoms. The molecule has 0 saturated heterocycles. The molecule has 2 N–H and O–H groups in total. The molecule has 0 aliphatic heterocycles. The molecule has 0 spiro atoms. The Hall–Kier alpha value is -3.44. The summed E-state index contributed by atoms with van der Waals surface area (Å²) < 4.78 is 41.6. The van der Waals surface area contributed by atoms with E-state index in [1.54, 1.807) is 6.92 Å². The zero-order chi connectivity index (χ0) is 20.9. The average Bonchev–Trinajstić information content (AvgIpc) is 3.12. The second-order valence-electron chi connectivity index (χ2n) is 5.60. The molecule has 28 heavy (non-hydrogen) atoms. The topological polar surface area (TPSA) is 127 Å². The molecule has 1 aromatic carbocycles. The van der Waals surface area contributed by atoms with E-state index in [1.165, 1.54) is 37.4 Å². The highest BCUT2D eigenvalue weighted by atomic mass is 19.4. The number of carboxylic acids is 1. The van der Waals surface area contributed by atoms with Gasteiger partial charge in [0.15, 0.2) is 0 Å². The summed E-state index contributed by atoms with van der Waals surface area (Å²) in [5, 5.41) is 17.9. The van der Waals surface area contributed by atoms with Crippen LogP contribution in [0.5, 0.6) is 0 Å². The second-order valence-corrected chi connectivity index (χ2v) is 5.60. The van der Waals surface area contributed by atoms with Crippen molar-refractivity contribution in [1.82, 2.24) is 15.5 Å². The van der Waals surface area contributed by atoms with Crippen molar-refractivity contribution in [2.45, 2.75) is 32.2 Å². The molecule has 2 atom stereocenters. The smallest absolute Gasteiger partial charge is 0.471 e. The van der Waals surface area contributed by atoms with Crippen LogP contribution in [0.25, 0.3) is 11.4 Å². The summed E-state index contributed by atoms with van der Waals surface area (Å²) in [6, 6.07) is 4.93. The summed E-state index contributed by atoms with van der Waals surface area (Å²) >= 11 is 0. The minimum atomic E-state index is -4.74. The van der Waals surface area contributed by atoms with Crippen LogP contribution in [-0.4, -0.2) is 45.5 Å². The zero-order valence-electron chi connectivity index (χ0n) is 14.6. The normalized spacial score (nSPS) is 13.9. The predicted molar refractivity (Wildman–Crippen MR) is 88.3 cm³/mol. The Bertz CT molecular complexity index is 864. The molecule has 0 fully saturated rings. The Labute approximate surface area is 156 Å². The van der Waals surface area contributed by atoms with Crippen molar-refractivity contribution in [2.75, 3.05) is 0 Å². The van der Waals surface area contributed by atoms with Crippen LogP contribution in [0, 0.1) is 0 Å². The fraction of sp³-hybridized carbons (Fsp3) is 0.312. The number of carbonyl (C=O) groups is 2. The highest BCUT2D eigenvalue weighted by molar-refractivity contribution is 5.96. The molecule has 1 amide bonds. The van der Waals surface area contributed by atoms with Crippen LogP contribution in [0.2, 0.25) is 0 Å². The van der Waals surface area contributed by atoms with Crippen molar-refractivity contribution in [3.05, 3.63) is 35.7 Å². The van der Waals surface area contributed by atoms with Crippen LogP contribution < -0.4 is 5.32 Å². The Kier molecular flexibility index (Phi) is 6.33. The molecule has 1 aromatic heterocycles. The van der Waals surface area contributed by atoms with Crippen LogP contribution in [0.3, 0.4) is 0 Å². The van der Waals surface area contributed by atoms with Gasteiger partial charge in [-0.25, -0.2) is 4.79 Å². The summed E-state index contributed by atoms with van der Waals surface area (Å²) in [5.74, 6) is -3.39. The van der Waals surface area contributed by atoms with E-state index >= 15 is 0 Å². The zero-order valence-corrected chi connectivity index (χ0v) is 14.6. The molecule has 2 aromatic rings. The number of rotatable bonds is 7. The van der Waals surface area contributed by atoms with Crippen LogP contribution in [0.4, 0.5) is 13.2 Å². The number of oxime groups is 1. The molecule has 0 radical (unpaired) electrons. The van der Waals surface area contributed by atoms with Gasteiger partial charge >= 0.3 is 18.0 Å². The van der Waals surface area contributed by atoms with Crippen molar-refractivity contribution < 1.29 is 37.2 Å². The maximum atomic E-state index is 12.5. The van der Waals surface area contributed by atoms with Gasteiger partial charge in [-0.15, -0.1) is 0 Å². The number of hydrogen-bond acceptors (Lipinski definition) is 7. The molecular weight excluding hydrogens is 385 g/mol.